The average Bonchev–Trinajstić information content (AvgIpc) is 2.64. The van der Waals surface area contributed by atoms with Crippen molar-refractivity contribution in [3.05, 3.63) is 76.0 Å². The number of allylic oxidation sites excluding steroid dienone is 1. The molecule has 1 atom stereocenters. The van der Waals surface area contributed by atoms with Crippen molar-refractivity contribution in [1.29, 1.82) is 0 Å². The minimum Gasteiger partial charge on any atom is -0.351 e. The maximum absolute atomic E-state index is 13.1. The topological polar surface area (TPSA) is 53.2 Å². The molecule has 4 nitrogen and oxygen atoms in total. The number of anilines is 1. The Labute approximate surface area is 172 Å². The van der Waals surface area contributed by atoms with E-state index < -0.39 is 0 Å². The van der Waals surface area contributed by atoms with Crippen molar-refractivity contribution in [1.82, 2.24) is 10.6 Å². The van der Waals surface area contributed by atoms with Crippen molar-refractivity contribution in [2.75, 3.05) is 5.32 Å². The molecule has 1 amide bonds. The molecule has 3 N–H and O–H groups in total. The molecular weight excluding hydrogens is 366 g/mol. The van der Waals surface area contributed by atoms with Gasteiger partial charge in [-0.2, -0.15) is 0 Å². The molecule has 1 aliphatic rings. The predicted molar refractivity (Wildman–Crippen MR) is 119 cm³/mol. The van der Waals surface area contributed by atoms with Gasteiger partial charge in [0.1, 0.15) is 0 Å². The van der Waals surface area contributed by atoms with Gasteiger partial charge in [-0.25, -0.2) is 0 Å². The third-order valence-corrected chi connectivity index (χ3v) is 5.43. The Morgan fingerprint density at radius 3 is 2.32 bits per heavy atom. The van der Waals surface area contributed by atoms with Crippen LogP contribution in [0.1, 0.15) is 55.0 Å². The molecule has 0 radical (unpaired) electrons. The summed E-state index contributed by atoms with van der Waals surface area (Å²) in [5.74, 6) is 0.321. The highest BCUT2D eigenvalue weighted by molar-refractivity contribution is 7.80. The first kappa shape index (κ1) is 20.1. The van der Waals surface area contributed by atoms with Crippen molar-refractivity contribution in [2.45, 2.75) is 46.6 Å². The summed E-state index contributed by atoms with van der Waals surface area (Å²) in [6, 6.07) is 14.0. The van der Waals surface area contributed by atoms with Crippen molar-refractivity contribution in [3.63, 3.8) is 0 Å². The predicted octanol–water partition coefficient (Wildman–Crippen LogP) is 4.86. The van der Waals surface area contributed by atoms with Gasteiger partial charge in [0.2, 0.25) is 0 Å². The van der Waals surface area contributed by atoms with Crippen molar-refractivity contribution < 1.29 is 4.79 Å². The molecule has 2 aromatic rings. The van der Waals surface area contributed by atoms with E-state index in [0.29, 0.717) is 16.6 Å². The summed E-state index contributed by atoms with van der Waals surface area (Å²) in [7, 11) is 0. The molecule has 0 bridgehead atoms. The lowest BCUT2D eigenvalue weighted by Gasteiger charge is -2.30. The van der Waals surface area contributed by atoms with Gasteiger partial charge in [-0.3, -0.25) is 4.79 Å². The van der Waals surface area contributed by atoms with Gasteiger partial charge in [0, 0.05) is 11.4 Å². The highest BCUT2D eigenvalue weighted by Crippen LogP contribution is 2.29. The molecule has 0 fully saturated rings. The maximum Gasteiger partial charge on any atom is 0.255 e. The smallest absolute Gasteiger partial charge is 0.255 e. The van der Waals surface area contributed by atoms with Crippen LogP contribution < -0.4 is 16.0 Å². The number of benzene rings is 2. The summed E-state index contributed by atoms with van der Waals surface area (Å²) in [5, 5.41) is 9.90. The number of carbonyl (C=O) groups excluding carboxylic acids is 1. The Hall–Kier alpha value is -2.66. The summed E-state index contributed by atoms with van der Waals surface area (Å²) in [4.78, 5) is 13.1. The van der Waals surface area contributed by atoms with E-state index in [0.717, 1.165) is 22.5 Å². The van der Waals surface area contributed by atoms with Crippen molar-refractivity contribution in [2.24, 2.45) is 0 Å². The Kier molecular flexibility index (Phi) is 5.84. The monoisotopic (exact) mass is 393 g/mol. The molecule has 2 aromatic carbocycles. The molecule has 5 heteroatoms. The summed E-state index contributed by atoms with van der Waals surface area (Å²) < 4.78 is 0. The SMILES string of the molecule is CC1=C(C(=O)Nc2ccc(C)c(C)c2)[C@@H](c2ccc(C(C)C)cc2)NC(=S)N1. The molecule has 0 saturated carbocycles. The molecule has 0 spiro atoms. The molecule has 0 aliphatic carbocycles. The van der Waals surface area contributed by atoms with Crippen LogP contribution in [0.2, 0.25) is 0 Å². The van der Waals surface area contributed by atoms with E-state index in [1.54, 1.807) is 0 Å². The minimum atomic E-state index is -0.290. The lowest BCUT2D eigenvalue weighted by molar-refractivity contribution is -0.113. The fourth-order valence-electron chi connectivity index (χ4n) is 3.34. The number of hydrogen-bond acceptors (Lipinski definition) is 2. The van der Waals surface area contributed by atoms with Crippen LogP contribution in [0, 0.1) is 13.8 Å². The third-order valence-electron chi connectivity index (χ3n) is 5.22. The van der Waals surface area contributed by atoms with Gasteiger partial charge in [-0.15, -0.1) is 0 Å². The van der Waals surface area contributed by atoms with Gasteiger partial charge in [0.15, 0.2) is 5.11 Å². The van der Waals surface area contributed by atoms with Crippen LogP contribution in [0.5, 0.6) is 0 Å². The lowest BCUT2D eigenvalue weighted by Crippen LogP contribution is -2.45. The molecule has 0 aromatic heterocycles. The van der Waals surface area contributed by atoms with E-state index in [2.05, 4.69) is 61.0 Å². The molecule has 146 valence electrons. The first-order valence-corrected chi connectivity index (χ1v) is 9.94. The zero-order valence-electron chi connectivity index (χ0n) is 17.0. The Morgan fingerprint density at radius 1 is 1.04 bits per heavy atom. The van der Waals surface area contributed by atoms with E-state index in [1.165, 1.54) is 11.1 Å². The summed E-state index contributed by atoms with van der Waals surface area (Å²) in [6.45, 7) is 10.3. The summed E-state index contributed by atoms with van der Waals surface area (Å²) in [5.41, 5.74) is 6.82. The maximum atomic E-state index is 13.1. The van der Waals surface area contributed by atoms with E-state index in [4.69, 9.17) is 12.2 Å². The largest absolute Gasteiger partial charge is 0.351 e. The van der Waals surface area contributed by atoms with Gasteiger partial charge in [-0.05, 0) is 73.3 Å². The van der Waals surface area contributed by atoms with Crippen LogP contribution in [0.3, 0.4) is 0 Å². The van der Waals surface area contributed by atoms with Crippen LogP contribution in [0.15, 0.2) is 53.7 Å². The number of carbonyl (C=O) groups is 1. The molecule has 3 rings (SSSR count). The molecule has 0 unspecified atom stereocenters. The van der Waals surface area contributed by atoms with Gasteiger partial charge in [-0.1, -0.05) is 44.2 Å². The Bertz CT molecular complexity index is 945. The zero-order valence-corrected chi connectivity index (χ0v) is 17.8. The molecular formula is C23H27N3OS. The lowest BCUT2D eigenvalue weighted by atomic mass is 9.92. The standard InChI is InChI=1S/C23H27N3OS/c1-13(2)17-7-9-18(10-8-17)21-20(16(5)24-23(28)26-21)22(27)25-19-11-6-14(3)15(4)12-19/h6-13,21H,1-5H3,(H,25,27)(H2,24,26,28)/t21-/m1/s1. The highest BCUT2D eigenvalue weighted by atomic mass is 32.1. The van der Waals surface area contributed by atoms with E-state index in [1.807, 2.05) is 32.0 Å². The second kappa shape index (κ2) is 8.15. The third kappa shape index (κ3) is 4.25. The van der Waals surface area contributed by atoms with Gasteiger partial charge < -0.3 is 16.0 Å². The summed E-state index contributed by atoms with van der Waals surface area (Å²) >= 11 is 5.34. The highest BCUT2D eigenvalue weighted by Gasteiger charge is 2.30. The fourth-order valence-corrected chi connectivity index (χ4v) is 3.61. The van der Waals surface area contributed by atoms with Crippen molar-refractivity contribution in [3.8, 4) is 0 Å². The first-order chi connectivity index (χ1) is 13.3. The number of thiocarbonyl (C=S) groups is 1. The van der Waals surface area contributed by atoms with Crippen LogP contribution in [0.4, 0.5) is 5.69 Å². The van der Waals surface area contributed by atoms with E-state index >= 15 is 0 Å². The number of amides is 1. The Balaban J connectivity index is 1.92. The second-order valence-electron chi connectivity index (χ2n) is 7.64. The van der Waals surface area contributed by atoms with Gasteiger partial charge in [0.25, 0.3) is 5.91 Å². The Morgan fingerprint density at radius 2 is 1.71 bits per heavy atom. The summed E-state index contributed by atoms with van der Waals surface area (Å²) in [6.07, 6.45) is 0. The normalized spacial score (nSPS) is 16.6. The van der Waals surface area contributed by atoms with Crippen LogP contribution >= 0.6 is 12.2 Å². The van der Waals surface area contributed by atoms with Crippen LogP contribution in [-0.2, 0) is 4.79 Å². The minimum absolute atomic E-state index is 0.138. The van der Waals surface area contributed by atoms with Crippen LogP contribution in [-0.4, -0.2) is 11.0 Å². The number of aryl methyl sites for hydroxylation is 2. The second-order valence-corrected chi connectivity index (χ2v) is 8.05. The number of hydrogen-bond donors (Lipinski definition) is 3. The molecule has 0 saturated heterocycles. The zero-order chi connectivity index (χ0) is 20.4. The average molecular weight is 394 g/mol. The van der Waals surface area contributed by atoms with Crippen LogP contribution in [0.25, 0.3) is 0 Å². The van der Waals surface area contributed by atoms with E-state index in [9.17, 15) is 4.79 Å². The fraction of sp³-hybridized carbons (Fsp3) is 0.304. The molecule has 1 heterocycles. The number of nitrogens with one attached hydrogen (secondary N) is 3. The van der Waals surface area contributed by atoms with Gasteiger partial charge in [0.05, 0.1) is 11.6 Å². The first-order valence-electron chi connectivity index (χ1n) is 9.53. The molecule has 28 heavy (non-hydrogen) atoms. The van der Waals surface area contributed by atoms with Gasteiger partial charge >= 0.3 is 0 Å². The van der Waals surface area contributed by atoms with Crippen molar-refractivity contribution >= 4 is 28.9 Å². The molecule has 1 aliphatic heterocycles. The number of rotatable bonds is 4. The van der Waals surface area contributed by atoms with E-state index in [-0.39, 0.29) is 11.9 Å². The quantitative estimate of drug-likeness (QED) is 0.650.